The highest BCUT2D eigenvalue weighted by molar-refractivity contribution is 5.15. The summed E-state index contributed by atoms with van der Waals surface area (Å²) >= 11 is 0. The zero-order valence-corrected chi connectivity index (χ0v) is 9.71. The lowest BCUT2D eigenvalue weighted by Gasteiger charge is -2.26. The van der Waals surface area contributed by atoms with E-state index in [0.717, 1.165) is 38.6 Å². The van der Waals surface area contributed by atoms with E-state index < -0.39 is 0 Å². The second kappa shape index (κ2) is 4.55. The maximum atomic E-state index is 4.43. The van der Waals surface area contributed by atoms with Crippen molar-refractivity contribution in [2.75, 3.05) is 26.2 Å². The van der Waals surface area contributed by atoms with E-state index in [4.69, 9.17) is 0 Å². The van der Waals surface area contributed by atoms with Gasteiger partial charge in [-0.25, -0.2) is 0 Å². The molecule has 88 valence electrons. The lowest BCUT2D eigenvalue weighted by Crippen LogP contribution is -2.42. The van der Waals surface area contributed by atoms with E-state index in [1.807, 2.05) is 0 Å². The summed E-state index contributed by atoms with van der Waals surface area (Å²) in [5, 5.41) is 11.0. The molecule has 1 saturated heterocycles. The summed E-state index contributed by atoms with van der Waals surface area (Å²) in [4.78, 5) is 2.47. The van der Waals surface area contributed by atoms with Crippen LogP contribution in [-0.2, 0) is 6.54 Å². The minimum Gasteiger partial charge on any atom is -0.314 e. The molecule has 1 aromatic rings. The quantitative estimate of drug-likeness (QED) is 0.801. The van der Waals surface area contributed by atoms with E-state index in [1.54, 1.807) is 0 Å². The van der Waals surface area contributed by atoms with Gasteiger partial charge in [0.2, 0.25) is 0 Å². The van der Waals surface area contributed by atoms with Crippen molar-refractivity contribution in [3.05, 3.63) is 17.5 Å². The molecule has 0 unspecified atom stereocenters. The molecule has 0 radical (unpaired) electrons. The van der Waals surface area contributed by atoms with Gasteiger partial charge in [0.1, 0.15) is 0 Å². The van der Waals surface area contributed by atoms with Crippen molar-refractivity contribution in [1.29, 1.82) is 0 Å². The third-order valence-electron chi connectivity index (χ3n) is 3.79. The summed E-state index contributed by atoms with van der Waals surface area (Å²) < 4.78 is 0. The Hall–Kier alpha value is -0.870. The van der Waals surface area contributed by atoms with Gasteiger partial charge < -0.3 is 5.32 Å². The highest BCUT2D eigenvalue weighted by Gasteiger charge is 2.21. The van der Waals surface area contributed by atoms with Crippen molar-refractivity contribution >= 4 is 0 Å². The van der Waals surface area contributed by atoms with Gasteiger partial charge in [-0.1, -0.05) is 6.42 Å². The lowest BCUT2D eigenvalue weighted by atomic mass is 9.83. The average Bonchev–Trinajstić information content (AvgIpc) is 2.65. The van der Waals surface area contributed by atoms with E-state index in [0.29, 0.717) is 0 Å². The Labute approximate surface area is 96.4 Å². The Balaban J connectivity index is 1.58. The van der Waals surface area contributed by atoms with Gasteiger partial charge in [-0.2, -0.15) is 5.10 Å². The number of H-pyrrole nitrogens is 1. The molecule has 1 aliphatic heterocycles. The highest BCUT2D eigenvalue weighted by Crippen LogP contribution is 2.35. The molecule has 2 aliphatic rings. The smallest absolute Gasteiger partial charge is 0.0765 e. The Bertz CT molecular complexity index is 337. The predicted octanol–water partition coefficient (Wildman–Crippen LogP) is 1.08. The van der Waals surface area contributed by atoms with E-state index in [2.05, 4.69) is 26.5 Å². The second-order valence-electron chi connectivity index (χ2n) is 4.97. The van der Waals surface area contributed by atoms with Crippen molar-refractivity contribution in [3.8, 4) is 0 Å². The molecule has 2 N–H and O–H groups in total. The molecule has 1 saturated carbocycles. The van der Waals surface area contributed by atoms with Gasteiger partial charge in [-0.05, 0) is 18.9 Å². The molecular formula is C12H20N4. The molecule has 0 aromatic carbocycles. The van der Waals surface area contributed by atoms with Gasteiger partial charge in [-0.15, -0.1) is 0 Å². The highest BCUT2D eigenvalue weighted by atomic mass is 15.2. The molecule has 0 atom stereocenters. The van der Waals surface area contributed by atoms with E-state index in [9.17, 15) is 0 Å². The molecule has 2 fully saturated rings. The summed E-state index contributed by atoms with van der Waals surface area (Å²) in [7, 11) is 0. The molecule has 4 heteroatoms. The lowest BCUT2D eigenvalue weighted by molar-refractivity contribution is 0.230. The number of hydrogen-bond donors (Lipinski definition) is 2. The zero-order valence-electron chi connectivity index (χ0n) is 9.71. The first-order valence-electron chi connectivity index (χ1n) is 6.39. The molecule has 1 aliphatic carbocycles. The molecule has 3 rings (SSSR count). The van der Waals surface area contributed by atoms with Gasteiger partial charge in [-0.3, -0.25) is 10.00 Å². The summed E-state index contributed by atoms with van der Waals surface area (Å²) in [6, 6.07) is 2.27. The van der Waals surface area contributed by atoms with Crippen LogP contribution in [0, 0.1) is 0 Å². The number of aromatic nitrogens is 2. The molecule has 0 spiro atoms. The standard InChI is InChI=1S/C12H20N4/c1-2-10(3-1)12-8-11(14-15-12)9-16-6-4-13-5-7-16/h8,10,13H,1-7,9H2,(H,14,15). The van der Waals surface area contributed by atoms with Gasteiger partial charge in [0.15, 0.2) is 0 Å². The Morgan fingerprint density at radius 3 is 2.81 bits per heavy atom. The van der Waals surface area contributed by atoms with Crippen LogP contribution < -0.4 is 5.32 Å². The predicted molar refractivity (Wildman–Crippen MR) is 63.3 cm³/mol. The van der Waals surface area contributed by atoms with Crippen LogP contribution >= 0.6 is 0 Å². The maximum absolute atomic E-state index is 4.43. The number of rotatable bonds is 3. The Morgan fingerprint density at radius 1 is 1.31 bits per heavy atom. The minimum atomic E-state index is 0.768. The van der Waals surface area contributed by atoms with Crippen molar-refractivity contribution in [3.63, 3.8) is 0 Å². The largest absolute Gasteiger partial charge is 0.314 e. The topological polar surface area (TPSA) is 44.0 Å². The van der Waals surface area contributed by atoms with Gasteiger partial charge in [0.25, 0.3) is 0 Å². The van der Waals surface area contributed by atoms with Crippen LogP contribution in [0.15, 0.2) is 6.07 Å². The van der Waals surface area contributed by atoms with Gasteiger partial charge in [0.05, 0.1) is 5.69 Å². The number of piperazine rings is 1. The van der Waals surface area contributed by atoms with Crippen molar-refractivity contribution < 1.29 is 0 Å². The van der Waals surface area contributed by atoms with E-state index >= 15 is 0 Å². The molecule has 16 heavy (non-hydrogen) atoms. The van der Waals surface area contributed by atoms with E-state index in [-0.39, 0.29) is 0 Å². The molecular weight excluding hydrogens is 200 g/mol. The number of nitrogens with one attached hydrogen (secondary N) is 2. The summed E-state index contributed by atoms with van der Waals surface area (Å²) in [5.74, 6) is 0.768. The number of hydrogen-bond acceptors (Lipinski definition) is 3. The Kier molecular flexibility index (Phi) is 2.93. The van der Waals surface area contributed by atoms with Crippen LogP contribution in [0.2, 0.25) is 0 Å². The van der Waals surface area contributed by atoms with Crippen LogP contribution in [0.5, 0.6) is 0 Å². The zero-order chi connectivity index (χ0) is 10.8. The first kappa shape index (κ1) is 10.3. The van der Waals surface area contributed by atoms with Crippen LogP contribution in [0.25, 0.3) is 0 Å². The van der Waals surface area contributed by atoms with Gasteiger partial charge in [0, 0.05) is 44.3 Å². The maximum Gasteiger partial charge on any atom is 0.0765 e. The number of nitrogens with zero attached hydrogens (tertiary/aromatic N) is 2. The second-order valence-corrected chi connectivity index (χ2v) is 4.97. The fourth-order valence-electron chi connectivity index (χ4n) is 2.49. The van der Waals surface area contributed by atoms with Crippen molar-refractivity contribution in [2.45, 2.75) is 31.7 Å². The van der Waals surface area contributed by atoms with Crippen molar-refractivity contribution in [1.82, 2.24) is 20.4 Å². The van der Waals surface area contributed by atoms with Crippen LogP contribution in [-0.4, -0.2) is 41.3 Å². The van der Waals surface area contributed by atoms with Crippen LogP contribution in [0.3, 0.4) is 0 Å². The number of aromatic amines is 1. The molecule has 4 nitrogen and oxygen atoms in total. The fourth-order valence-corrected chi connectivity index (χ4v) is 2.49. The minimum absolute atomic E-state index is 0.768. The monoisotopic (exact) mass is 220 g/mol. The third kappa shape index (κ3) is 2.13. The first-order chi connectivity index (χ1) is 7.92. The van der Waals surface area contributed by atoms with Crippen LogP contribution in [0.4, 0.5) is 0 Å². The normalized spacial score (nSPS) is 23.2. The Morgan fingerprint density at radius 2 is 2.12 bits per heavy atom. The SMILES string of the molecule is c1c(CN2CCNCC2)n[nH]c1C1CCC1. The molecule has 0 amide bonds. The molecule has 2 heterocycles. The molecule has 1 aromatic heterocycles. The summed E-state index contributed by atoms with van der Waals surface area (Å²) in [5.41, 5.74) is 2.57. The van der Waals surface area contributed by atoms with E-state index in [1.165, 1.54) is 30.7 Å². The van der Waals surface area contributed by atoms with Crippen molar-refractivity contribution in [2.24, 2.45) is 0 Å². The third-order valence-corrected chi connectivity index (χ3v) is 3.79. The van der Waals surface area contributed by atoms with Gasteiger partial charge >= 0.3 is 0 Å². The fraction of sp³-hybridized carbons (Fsp3) is 0.750. The average molecular weight is 220 g/mol. The van der Waals surface area contributed by atoms with Crippen LogP contribution in [0.1, 0.15) is 36.6 Å². The first-order valence-corrected chi connectivity index (χ1v) is 6.39. The molecule has 0 bridgehead atoms. The summed E-state index contributed by atoms with van der Waals surface area (Å²) in [6.45, 7) is 5.52. The summed E-state index contributed by atoms with van der Waals surface area (Å²) in [6.07, 6.45) is 4.07.